The zero-order chi connectivity index (χ0) is 13.3. The Labute approximate surface area is 111 Å². The van der Waals surface area contributed by atoms with E-state index >= 15 is 0 Å². The number of thiazole rings is 1. The normalized spacial score (nSPS) is 12.7. The Hall–Kier alpha value is -1.26. The lowest BCUT2D eigenvalue weighted by Crippen LogP contribution is -2.18. The van der Waals surface area contributed by atoms with Gasteiger partial charge in [0, 0.05) is 4.88 Å². The molecule has 18 heavy (non-hydrogen) atoms. The van der Waals surface area contributed by atoms with Crippen LogP contribution in [0.4, 0.5) is 4.39 Å². The van der Waals surface area contributed by atoms with Crippen molar-refractivity contribution < 1.29 is 4.39 Å². The monoisotopic (exact) mass is 264 g/mol. The first kappa shape index (κ1) is 13.2. The van der Waals surface area contributed by atoms with Crippen LogP contribution >= 0.6 is 11.3 Å². The van der Waals surface area contributed by atoms with Crippen LogP contribution in [0.25, 0.3) is 0 Å². The molecule has 0 aliphatic rings. The summed E-state index contributed by atoms with van der Waals surface area (Å²) in [5.41, 5.74) is 3.07. The molecule has 2 nitrogen and oxygen atoms in total. The van der Waals surface area contributed by atoms with Gasteiger partial charge in [-0.15, -0.1) is 11.3 Å². The maximum atomic E-state index is 13.4. The van der Waals surface area contributed by atoms with Crippen LogP contribution in [0.2, 0.25) is 0 Å². The third-order valence-corrected chi connectivity index (χ3v) is 4.27. The van der Waals surface area contributed by atoms with Crippen molar-refractivity contribution in [1.82, 2.24) is 10.3 Å². The standard InChI is InChI=1S/C14H17FN2S/c1-8-5-6-11(15)7-12(8)13(16-4)14-17-9(2)10(3)18-14/h5-7,13,16H,1-4H3. The largest absolute Gasteiger partial charge is 0.307 e. The lowest BCUT2D eigenvalue weighted by atomic mass is 10.0. The lowest BCUT2D eigenvalue weighted by Gasteiger charge is -2.16. The Balaban J connectivity index is 2.48. The Morgan fingerprint density at radius 1 is 1.28 bits per heavy atom. The molecule has 0 amide bonds. The van der Waals surface area contributed by atoms with Gasteiger partial charge in [-0.1, -0.05) is 6.07 Å². The van der Waals surface area contributed by atoms with Crippen LogP contribution in [0.15, 0.2) is 18.2 Å². The maximum Gasteiger partial charge on any atom is 0.123 e. The van der Waals surface area contributed by atoms with Crippen LogP contribution < -0.4 is 5.32 Å². The summed E-state index contributed by atoms with van der Waals surface area (Å²) in [5.74, 6) is -0.208. The summed E-state index contributed by atoms with van der Waals surface area (Å²) < 4.78 is 13.4. The molecule has 0 saturated carbocycles. The van der Waals surface area contributed by atoms with Crippen molar-refractivity contribution >= 4 is 11.3 Å². The highest BCUT2D eigenvalue weighted by molar-refractivity contribution is 7.11. The summed E-state index contributed by atoms with van der Waals surface area (Å²) in [7, 11) is 1.88. The Kier molecular flexibility index (Phi) is 3.78. The predicted octanol–water partition coefficient (Wildman–Crippen LogP) is 3.52. The van der Waals surface area contributed by atoms with E-state index in [-0.39, 0.29) is 11.9 Å². The molecule has 0 radical (unpaired) electrons. The fourth-order valence-electron chi connectivity index (χ4n) is 1.96. The van der Waals surface area contributed by atoms with Crippen LogP contribution in [0, 0.1) is 26.6 Å². The van der Waals surface area contributed by atoms with E-state index in [4.69, 9.17) is 0 Å². The molecular weight excluding hydrogens is 247 g/mol. The molecule has 1 aromatic carbocycles. The molecule has 0 spiro atoms. The number of benzene rings is 1. The van der Waals surface area contributed by atoms with E-state index in [9.17, 15) is 4.39 Å². The molecule has 2 aromatic rings. The molecule has 1 atom stereocenters. The Bertz CT molecular complexity index is 543. The highest BCUT2D eigenvalue weighted by atomic mass is 32.1. The number of rotatable bonds is 3. The second kappa shape index (κ2) is 5.16. The predicted molar refractivity (Wildman–Crippen MR) is 73.6 cm³/mol. The second-order valence-corrected chi connectivity index (χ2v) is 5.65. The minimum Gasteiger partial charge on any atom is -0.307 e. The van der Waals surface area contributed by atoms with Crippen LogP contribution in [-0.2, 0) is 0 Å². The minimum absolute atomic E-state index is 0.0434. The number of hydrogen-bond acceptors (Lipinski definition) is 3. The molecular formula is C14H17FN2S. The molecule has 0 saturated heterocycles. The van der Waals surface area contributed by atoms with Crippen molar-refractivity contribution in [3.63, 3.8) is 0 Å². The first-order valence-corrected chi connectivity index (χ1v) is 6.71. The quantitative estimate of drug-likeness (QED) is 0.917. The highest BCUT2D eigenvalue weighted by Crippen LogP contribution is 2.29. The summed E-state index contributed by atoms with van der Waals surface area (Å²) in [5, 5.41) is 4.21. The average Bonchev–Trinajstić information content (AvgIpc) is 2.65. The maximum absolute atomic E-state index is 13.4. The van der Waals surface area contributed by atoms with Crippen LogP contribution in [0.1, 0.15) is 32.7 Å². The van der Waals surface area contributed by atoms with E-state index in [1.165, 1.54) is 10.9 Å². The average molecular weight is 264 g/mol. The Morgan fingerprint density at radius 3 is 2.56 bits per heavy atom. The molecule has 0 aliphatic heterocycles. The molecule has 1 N–H and O–H groups in total. The number of hydrogen-bond donors (Lipinski definition) is 1. The second-order valence-electron chi connectivity index (χ2n) is 4.42. The number of halogens is 1. The van der Waals surface area contributed by atoms with Gasteiger partial charge in [-0.2, -0.15) is 0 Å². The molecule has 0 fully saturated rings. The van der Waals surface area contributed by atoms with Gasteiger partial charge >= 0.3 is 0 Å². The number of aryl methyl sites for hydroxylation is 3. The fourth-order valence-corrected chi connectivity index (χ4v) is 3.01. The van der Waals surface area contributed by atoms with Crippen molar-refractivity contribution in [3.8, 4) is 0 Å². The van der Waals surface area contributed by atoms with E-state index < -0.39 is 0 Å². The lowest BCUT2D eigenvalue weighted by molar-refractivity contribution is 0.614. The van der Waals surface area contributed by atoms with E-state index in [2.05, 4.69) is 17.2 Å². The summed E-state index contributed by atoms with van der Waals surface area (Å²) in [6.07, 6.45) is 0. The van der Waals surface area contributed by atoms with Crippen molar-refractivity contribution in [1.29, 1.82) is 0 Å². The SMILES string of the molecule is CNC(c1nc(C)c(C)s1)c1cc(F)ccc1C. The van der Waals surface area contributed by atoms with Gasteiger partial charge in [0.05, 0.1) is 11.7 Å². The smallest absolute Gasteiger partial charge is 0.123 e. The molecule has 0 aliphatic carbocycles. The van der Waals surface area contributed by atoms with Crippen molar-refractivity contribution in [2.75, 3.05) is 7.05 Å². The molecule has 1 unspecified atom stereocenters. The molecule has 0 bridgehead atoms. The van der Waals surface area contributed by atoms with E-state index in [1.807, 2.05) is 27.0 Å². The van der Waals surface area contributed by atoms with E-state index in [0.29, 0.717) is 0 Å². The van der Waals surface area contributed by atoms with Gasteiger partial charge in [-0.05, 0) is 51.1 Å². The van der Waals surface area contributed by atoms with Gasteiger partial charge in [0.2, 0.25) is 0 Å². The zero-order valence-corrected chi connectivity index (χ0v) is 11.9. The van der Waals surface area contributed by atoms with Gasteiger partial charge in [-0.3, -0.25) is 0 Å². The summed E-state index contributed by atoms with van der Waals surface area (Å²) >= 11 is 1.66. The fraction of sp³-hybridized carbons (Fsp3) is 0.357. The van der Waals surface area contributed by atoms with Gasteiger partial charge in [-0.25, -0.2) is 9.37 Å². The van der Waals surface area contributed by atoms with Crippen molar-refractivity contribution in [2.45, 2.75) is 26.8 Å². The highest BCUT2D eigenvalue weighted by Gasteiger charge is 2.19. The number of aromatic nitrogens is 1. The molecule has 1 heterocycles. The third kappa shape index (κ3) is 2.44. The summed E-state index contributed by atoms with van der Waals surface area (Å²) in [6, 6.07) is 4.84. The minimum atomic E-state index is -0.208. The topological polar surface area (TPSA) is 24.9 Å². The number of nitrogens with zero attached hydrogens (tertiary/aromatic N) is 1. The molecule has 96 valence electrons. The molecule has 1 aromatic heterocycles. The summed E-state index contributed by atoms with van der Waals surface area (Å²) in [6.45, 7) is 6.05. The van der Waals surface area contributed by atoms with Gasteiger partial charge < -0.3 is 5.32 Å². The third-order valence-electron chi connectivity index (χ3n) is 3.13. The van der Waals surface area contributed by atoms with Gasteiger partial charge in [0.1, 0.15) is 10.8 Å². The Morgan fingerprint density at radius 2 is 2.00 bits per heavy atom. The van der Waals surface area contributed by atoms with Crippen LogP contribution in [-0.4, -0.2) is 12.0 Å². The number of nitrogens with one attached hydrogen (secondary N) is 1. The van der Waals surface area contributed by atoms with Crippen LogP contribution in [0.5, 0.6) is 0 Å². The first-order chi connectivity index (χ1) is 8.52. The van der Waals surface area contributed by atoms with Crippen molar-refractivity contribution in [3.05, 3.63) is 50.7 Å². The summed E-state index contributed by atoms with van der Waals surface area (Å²) in [4.78, 5) is 5.77. The van der Waals surface area contributed by atoms with Gasteiger partial charge in [0.25, 0.3) is 0 Å². The molecule has 2 rings (SSSR count). The van der Waals surface area contributed by atoms with Crippen LogP contribution in [0.3, 0.4) is 0 Å². The van der Waals surface area contributed by atoms with Gasteiger partial charge in [0.15, 0.2) is 0 Å². The zero-order valence-electron chi connectivity index (χ0n) is 11.0. The van der Waals surface area contributed by atoms with Crippen molar-refractivity contribution in [2.24, 2.45) is 0 Å². The van der Waals surface area contributed by atoms with E-state index in [1.54, 1.807) is 17.4 Å². The first-order valence-electron chi connectivity index (χ1n) is 5.90. The van der Waals surface area contributed by atoms with E-state index in [0.717, 1.165) is 21.8 Å². The molecule has 4 heteroatoms.